The normalized spacial score (nSPS) is 12.0. The third kappa shape index (κ3) is 4.72. The van der Waals surface area contributed by atoms with Crippen LogP contribution in [0, 0.1) is 0 Å². The van der Waals surface area contributed by atoms with Gasteiger partial charge in [-0.05, 0) is 37.7 Å². The number of nitrogens with one attached hydrogen (secondary N) is 2. The first-order valence-electron chi connectivity index (χ1n) is 8.79. The number of carbonyl (C=O) groups is 1. The van der Waals surface area contributed by atoms with E-state index in [0.29, 0.717) is 28.5 Å². The first-order chi connectivity index (χ1) is 13.1. The number of carbonyl (C=O) groups excluding carboxylic acids is 1. The minimum Gasteiger partial charge on any atom is -0.350 e. The van der Waals surface area contributed by atoms with Gasteiger partial charge in [0.15, 0.2) is 0 Å². The number of hydrogen-bond donors (Lipinski definition) is 2. The zero-order valence-electron chi connectivity index (χ0n) is 15.2. The maximum atomic E-state index is 12.6. The van der Waals surface area contributed by atoms with Crippen molar-refractivity contribution in [2.45, 2.75) is 19.9 Å². The van der Waals surface area contributed by atoms with E-state index in [1.807, 2.05) is 32.0 Å². The Morgan fingerprint density at radius 3 is 2.81 bits per heavy atom. The topological polar surface area (TPSA) is 80.0 Å². The molecule has 0 spiro atoms. The van der Waals surface area contributed by atoms with Crippen molar-refractivity contribution >= 4 is 17.5 Å². The van der Waals surface area contributed by atoms with E-state index in [4.69, 9.17) is 16.1 Å². The molecule has 0 radical (unpaired) electrons. The monoisotopic (exact) mass is 384 g/mol. The van der Waals surface area contributed by atoms with Gasteiger partial charge in [0.25, 0.3) is 11.8 Å². The summed E-state index contributed by atoms with van der Waals surface area (Å²) in [5, 5.41) is 10.8. The number of amides is 1. The first-order valence-corrected chi connectivity index (χ1v) is 9.17. The molecule has 2 N–H and O–H groups in total. The molecule has 2 aromatic carbocycles. The Labute approximate surface area is 162 Å². The van der Waals surface area contributed by atoms with Crippen LogP contribution < -0.4 is 10.6 Å². The van der Waals surface area contributed by atoms with Crippen LogP contribution in [0.3, 0.4) is 0 Å². The van der Waals surface area contributed by atoms with Gasteiger partial charge in [0.2, 0.25) is 5.82 Å². The molecule has 3 aromatic rings. The Morgan fingerprint density at radius 2 is 2.04 bits per heavy atom. The predicted molar refractivity (Wildman–Crippen MR) is 106 cm³/mol. The van der Waals surface area contributed by atoms with Crippen LogP contribution in [-0.4, -0.2) is 35.2 Å². The number of hydrogen-bond acceptors (Lipinski definition) is 5. The van der Waals surface area contributed by atoms with Crippen LogP contribution in [0.4, 0.5) is 0 Å². The van der Waals surface area contributed by atoms with Crippen molar-refractivity contribution in [1.82, 2.24) is 20.8 Å². The van der Waals surface area contributed by atoms with Gasteiger partial charge >= 0.3 is 0 Å². The molecule has 6 nitrogen and oxygen atoms in total. The van der Waals surface area contributed by atoms with E-state index >= 15 is 0 Å². The van der Waals surface area contributed by atoms with Crippen molar-refractivity contribution in [3.05, 3.63) is 59.1 Å². The van der Waals surface area contributed by atoms with Crippen LogP contribution in [0.2, 0.25) is 5.02 Å². The Bertz CT molecular complexity index is 926. The summed E-state index contributed by atoms with van der Waals surface area (Å²) in [5.41, 5.74) is 1.83. The Morgan fingerprint density at radius 1 is 1.22 bits per heavy atom. The molecule has 140 valence electrons. The number of rotatable bonds is 7. The summed E-state index contributed by atoms with van der Waals surface area (Å²) in [6.07, 6.45) is 0. The van der Waals surface area contributed by atoms with E-state index in [1.165, 1.54) is 0 Å². The Kier molecular flexibility index (Phi) is 6.21. The second-order valence-electron chi connectivity index (χ2n) is 6.15. The van der Waals surface area contributed by atoms with Gasteiger partial charge < -0.3 is 15.2 Å². The van der Waals surface area contributed by atoms with Gasteiger partial charge in [0.05, 0.1) is 11.1 Å². The van der Waals surface area contributed by atoms with E-state index < -0.39 is 0 Å². The summed E-state index contributed by atoms with van der Waals surface area (Å²) in [6.45, 7) is 5.42. The van der Waals surface area contributed by atoms with Crippen LogP contribution in [0.1, 0.15) is 24.2 Å². The molecule has 7 heteroatoms. The van der Waals surface area contributed by atoms with Crippen LogP contribution >= 0.6 is 11.6 Å². The van der Waals surface area contributed by atoms with Gasteiger partial charge in [0, 0.05) is 23.2 Å². The molecule has 0 aliphatic carbocycles. The molecule has 0 unspecified atom stereocenters. The molecule has 0 bridgehead atoms. The summed E-state index contributed by atoms with van der Waals surface area (Å²) in [4.78, 5) is 17.1. The van der Waals surface area contributed by atoms with Crippen molar-refractivity contribution < 1.29 is 9.32 Å². The number of likely N-dealkylation sites (N-methyl/N-ethyl adjacent to an activating group) is 1. The fourth-order valence-corrected chi connectivity index (χ4v) is 2.90. The quantitative estimate of drug-likeness (QED) is 0.647. The molecule has 27 heavy (non-hydrogen) atoms. The Balaban J connectivity index is 1.83. The molecule has 1 amide bonds. The van der Waals surface area contributed by atoms with Crippen LogP contribution in [0.25, 0.3) is 22.8 Å². The molecule has 0 aliphatic rings. The van der Waals surface area contributed by atoms with Crippen LogP contribution in [-0.2, 0) is 0 Å². The minimum absolute atomic E-state index is 0.183. The smallest absolute Gasteiger partial charge is 0.259 e. The summed E-state index contributed by atoms with van der Waals surface area (Å²) < 4.78 is 5.40. The van der Waals surface area contributed by atoms with Crippen molar-refractivity contribution in [1.29, 1.82) is 0 Å². The summed E-state index contributed by atoms with van der Waals surface area (Å²) in [5.74, 6) is 0.525. The standard InChI is InChI=1S/C20H21ClN4O2/c1-3-22-13(2)12-23-19(26)16-9-4-5-10-17(16)20-24-18(25-27-20)14-7-6-8-15(21)11-14/h4-11,13,22H,3,12H2,1-2H3,(H,23,26)/t13-/m1/s1. The maximum absolute atomic E-state index is 12.6. The molecule has 0 fully saturated rings. The molecule has 0 aliphatic heterocycles. The SMILES string of the molecule is CCN[C@H](C)CNC(=O)c1ccccc1-c1nc(-c2cccc(Cl)c2)no1. The molecule has 1 aromatic heterocycles. The average Bonchev–Trinajstić information content (AvgIpc) is 3.16. The molecular weight excluding hydrogens is 364 g/mol. The molecule has 1 atom stereocenters. The lowest BCUT2D eigenvalue weighted by molar-refractivity contribution is 0.0950. The zero-order valence-corrected chi connectivity index (χ0v) is 16.0. The van der Waals surface area contributed by atoms with E-state index in [1.54, 1.807) is 30.3 Å². The fraction of sp³-hybridized carbons (Fsp3) is 0.250. The van der Waals surface area contributed by atoms with E-state index in [9.17, 15) is 4.79 Å². The van der Waals surface area contributed by atoms with E-state index in [2.05, 4.69) is 20.8 Å². The van der Waals surface area contributed by atoms with Gasteiger partial charge in [-0.3, -0.25) is 4.79 Å². The third-order valence-corrected chi connectivity index (χ3v) is 4.27. The van der Waals surface area contributed by atoms with Gasteiger partial charge in [-0.2, -0.15) is 4.98 Å². The summed E-state index contributed by atoms with van der Waals surface area (Å²) in [7, 11) is 0. The van der Waals surface area contributed by atoms with Crippen LogP contribution in [0.15, 0.2) is 53.1 Å². The van der Waals surface area contributed by atoms with Gasteiger partial charge in [0.1, 0.15) is 0 Å². The highest BCUT2D eigenvalue weighted by Crippen LogP contribution is 2.26. The Hall–Kier alpha value is -2.70. The molecule has 3 rings (SSSR count). The van der Waals surface area contributed by atoms with Crippen LogP contribution in [0.5, 0.6) is 0 Å². The highest BCUT2D eigenvalue weighted by Gasteiger charge is 2.18. The second-order valence-corrected chi connectivity index (χ2v) is 6.58. The first kappa shape index (κ1) is 19.1. The van der Waals surface area contributed by atoms with Gasteiger partial charge in [-0.15, -0.1) is 0 Å². The van der Waals surface area contributed by atoms with Gasteiger partial charge in [-0.1, -0.05) is 47.9 Å². The van der Waals surface area contributed by atoms with E-state index in [0.717, 1.165) is 12.1 Å². The maximum Gasteiger partial charge on any atom is 0.259 e. The third-order valence-electron chi connectivity index (χ3n) is 4.03. The fourth-order valence-electron chi connectivity index (χ4n) is 2.71. The average molecular weight is 385 g/mol. The highest BCUT2D eigenvalue weighted by atomic mass is 35.5. The highest BCUT2D eigenvalue weighted by molar-refractivity contribution is 6.30. The molecule has 1 heterocycles. The van der Waals surface area contributed by atoms with Crippen molar-refractivity contribution in [2.75, 3.05) is 13.1 Å². The number of halogens is 1. The minimum atomic E-state index is -0.183. The second kappa shape index (κ2) is 8.79. The molecular formula is C20H21ClN4O2. The number of benzene rings is 2. The van der Waals surface area contributed by atoms with Gasteiger partial charge in [-0.25, -0.2) is 0 Å². The molecule has 0 saturated carbocycles. The van der Waals surface area contributed by atoms with Crippen molar-refractivity contribution in [3.8, 4) is 22.8 Å². The van der Waals surface area contributed by atoms with Crippen molar-refractivity contribution in [3.63, 3.8) is 0 Å². The summed E-state index contributed by atoms with van der Waals surface area (Å²) >= 11 is 6.02. The van der Waals surface area contributed by atoms with E-state index in [-0.39, 0.29) is 17.8 Å². The summed E-state index contributed by atoms with van der Waals surface area (Å²) in [6, 6.07) is 14.6. The lowest BCUT2D eigenvalue weighted by Gasteiger charge is -2.14. The van der Waals surface area contributed by atoms with Crippen molar-refractivity contribution in [2.24, 2.45) is 0 Å². The number of nitrogens with zero attached hydrogens (tertiary/aromatic N) is 2. The molecule has 0 saturated heterocycles. The largest absolute Gasteiger partial charge is 0.350 e. The zero-order chi connectivity index (χ0) is 19.2. The lowest BCUT2D eigenvalue weighted by Crippen LogP contribution is -2.38. The number of aromatic nitrogens is 2. The predicted octanol–water partition coefficient (Wildman–Crippen LogP) is 3.78. The lowest BCUT2D eigenvalue weighted by atomic mass is 10.1.